The number of aliphatic hydroxyl groups is 1. The largest absolute Gasteiger partial charge is 0.465 e. The summed E-state index contributed by atoms with van der Waals surface area (Å²) in [6.07, 6.45) is 2.92. The average molecular weight is 384 g/mol. The first-order chi connectivity index (χ1) is 12.8. The van der Waals surface area contributed by atoms with Gasteiger partial charge in [-0.1, -0.05) is 19.7 Å². The van der Waals surface area contributed by atoms with Crippen molar-refractivity contribution in [2.45, 2.75) is 12.8 Å². The van der Waals surface area contributed by atoms with Crippen LogP contribution < -0.4 is 0 Å². The lowest BCUT2D eigenvalue weighted by molar-refractivity contribution is -0.166. The fraction of sp³-hybridized carbons (Fsp3) is 0.444. The molecule has 0 unspecified atom stereocenters. The van der Waals surface area contributed by atoms with Crippen LogP contribution in [0.3, 0.4) is 0 Å². The quantitative estimate of drug-likeness (QED) is 0.258. The maximum absolute atomic E-state index is 11.7. The lowest BCUT2D eigenvalue weighted by atomic mass is 9.92. The number of esters is 4. The number of carbonyl (C=O) groups excluding carboxylic acids is 4. The first-order valence-electron chi connectivity index (χ1n) is 7.96. The third kappa shape index (κ3) is 10.6. The Balaban J connectivity index is 5.32. The molecule has 0 aromatic rings. The van der Waals surface area contributed by atoms with Crippen LogP contribution in [-0.4, -0.2) is 62.0 Å². The van der Waals surface area contributed by atoms with E-state index in [2.05, 4.69) is 19.7 Å². The zero-order valence-corrected chi connectivity index (χ0v) is 15.0. The van der Waals surface area contributed by atoms with Gasteiger partial charge in [0.1, 0.15) is 31.8 Å². The van der Waals surface area contributed by atoms with Crippen LogP contribution >= 0.6 is 0 Å². The van der Waals surface area contributed by atoms with Crippen molar-refractivity contribution in [1.82, 2.24) is 0 Å². The molecule has 0 aromatic carbocycles. The minimum absolute atomic E-state index is 0.0437. The third-order valence-corrected chi connectivity index (χ3v) is 3.14. The van der Waals surface area contributed by atoms with Crippen molar-refractivity contribution >= 4 is 23.9 Å². The summed E-state index contributed by atoms with van der Waals surface area (Å²) < 4.78 is 20.0. The highest BCUT2D eigenvalue weighted by molar-refractivity contribution is 5.82. The molecule has 0 radical (unpaired) electrons. The van der Waals surface area contributed by atoms with Crippen LogP contribution in [0.15, 0.2) is 38.0 Å². The van der Waals surface area contributed by atoms with E-state index in [1.54, 1.807) is 0 Å². The maximum Gasteiger partial charge on any atom is 0.330 e. The van der Waals surface area contributed by atoms with Crippen LogP contribution in [0, 0.1) is 5.41 Å². The number of carbonyl (C=O) groups is 4. The Morgan fingerprint density at radius 3 is 1.44 bits per heavy atom. The second-order valence-corrected chi connectivity index (χ2v) is 5.42. The van der Waals surface area contributed by atoms with Gasteiger partial charge in [0.15, 0.2) is 0 Å². The Morgan fingerprint density at radius 1 is 0.741 bits per heavy atom. The van der Waals surface area contributed by atoms with Crippen LogP contribution in [0.1, 0.15) is 12.8 Å². The van der Waals surface area contributed by atoms with Gasteiger partial charge in [-0.2, -0.15) is 0 Å². The van der Waals surface area contributed by atoms with Crippen molar-refractivity contribution in [3.05, 3.63) is 38.0 Å². The fourth-order valence-corrected chi connectivity index (χ4v) is 1.63. The molecule has 0 aliphatic rings. The Labute approximate surface area is 157 Å². The highest BCUT2D eigenvalue weighted by atomic mass is 16.6. The van der Waals surface area contributed by atoms with Gasteiger partial charge in [-0.3, -0.25) is 4.79 Å². The van der Waals surface area contributed by atoms with Gasteiger partial charge in [0.25, 0.3) is 0 Å². The van der Waals surface area contributed by atoms with Crippen LogP contribution in [0.4, 0.5) is 0 Å². The number of aliphatic hydroxyl groups excluding tert-OH is 1. The van der Waals surface area contributed by atoms with Gasteiger partial charge in [-0.05, 0) is 6.42 Å². The molecule has 0 aliphatic carbocycles. The Bertz CT molecular complexity index is 505. The SMILES string of the molecule is C=CC(=O)OCC(COC(=O)C=C)(COC(=O)C=C)COC(=O)CCCO. The van der Waals surface area contributed by atoms with E-state index in [9.17, 15) is 19.2 Å². The molecule has 0 heterocycles. The summed E-state index contributed by atoms with van der Waals surface area (Å²) in [6, 6.07) is 0. The Morgan fingerprint density at radius 2 is 1.11 bits per heavy atom. The summed E-state index contributed by atoms with van der Waals surface area (Å²) in [5, 5.41) is 8.75. The van der Waals surface area contributed by atoms with Gasteiger partial charge in [-0.15, -0.1) is 0 Å². The van der Waals surface area contributed by atoms with E-state index < -0.39 is 29.3 Å². The van der Waals surface area contributed by atoms with Crippen molar-refractivity contribution in [2.75, 3.05) is 33.0 Å². The van der Waals surface area contributed by atoms with E-state index in [1.165, 1.54) is 0 Å². The molecular formula is C18H24O9. The van der Waals surface area contributed by atoms with Crippen molar-refractivity contribution in [1.29, 1.82) is 0 Å². The number of rotatable bonds is 14. The molecule has 1 N–H and O–H groups in total. The fourth-order valence-electron chi connectivity index (χ4n) is 1.63. The summed E-state index contributed by atoms with van der Waals surface area (Å²) in [4.78, 5) is 45.9. The van der Waals surface area contributed by atoms with Crippen molar-refractivity contribution in [3.8, 4) is 0 Å². The minimum atomic E-state index is -1.36. The highest BCUT2D eigenvalue weighted by Gasteiger charge is 2.37. The molecular weight excluding hydrogens is 360 g/mol. The summed E-state index contributed by atoms with van der Waals surface area (Å²) in [5.74, 6) is -2.93. The smallest absolute Gasteiger partial charge is 0.330 e. The van der Waals surface area contributed by atoms with Crippen molar-refractivity contribution < 1.29 is 43.2 Å². The van der Waals surface area contributed by atoms with E-state index in [0.29, 0.717) is 0 Å². The highest BCUT2D eigenvalue weighted by Crippen LogP contribution is 2.22. The topological polar surface area (TPSA) is 125 Å². The number of hydrogen-bond donors (Lipinski definition) is 1. The summed E-state index contributed by atoms with van der Waals surface area (Å²) in [7, 11) is 0. The lowest BCUT2D eigenvalue weighted by Gasteiger charge is -2.31. The van der Waals surface area contributed by atoms with Crippen LogP contribution in [0.25, 0.3) is 0 Å². The zero-order valence-electron chi connectivity index (χ0n) is 15.0. The van der Waals surface area contributed by atoms with Gasteiger partial charge in [0.2, 0.25) is 0 Å². The predicted octanol–water partition coefficient (Wildman–Crippen LogP) is 0.476. The van der Waals surface area contributed by atoms with Crippen molar-refractivity contribution in [3.63, 3.8) is 0 Å². The van der Waals surface area contributed by atoms with E-state index in [0.717, 1.165) is 18.2 Å². The molecule has 0 spiro atoms. The van der Waals surface area contributed by atoms with Gasteiger partial charge in [0, 0.05) is 31.3 Å². The molecule has 0 atom stereocenters. The second kappa shape index (κ2) is 13.3. The van der Waals surface area contributed by atoms with Gasteiger partial charge >= 0.3 is 23.9 Å². The standard InChI is InChI=1S/C18H24O9/c1-4-14(20)24-10-18(11-25-15(21)5-2,12-26-16(22)6-3)13-27-17(23)8-7-9-19/h4-6,19H,1-3,7-13H2. The molecule has 0 amide bonds. The van der Waals surface area contributed by atoms with Crippen LogP contribution in [0.2, 0.25) is 0 Å². The molecule has 0 aromatic heterocycles. The molecule has 27 heavy (non-hydrogen) atoms. The Kier molecular flexibility index (Phi) is 11.8. The Hall–Kier alpha value is -2.94. The lowest BCUT2D eigenvalue weighted by Crippen LogP contribution is -2.43. The van der Waals surface area contributed by atoms with Gasteiger partial charge < -0.3 is 24.1 Å². The molecule has 0 rings (SSSR count). The van der Waals surface area contributed by atoms with E-state index in [4.69, 9.17) is 24.1 Å². The summed E-state index contributed by atoms with van der Waals surface area (Å²) in [5.41, 5.74) is -1.36. The average Bonchev–Trinajstić information content (AvgIpc) is 2.69. The zero-order chi connectivity index (χ0) is 20.7. The molecule has 0 aliphatic heterocycles. The molecule has 0 bridgehead atoms. The van der Waals surface area contributed by atoms with Gasteiger partial charge in [0.05, 0.1) is 0 Å². The third-order valence-electron chi connectivity index (χ3n) is 3.14. The monoisotopic (exact) mass is 384 g/mol. The molecule has 0 saturated heterocycles. The molecule has 9 nitrogen and oxygen atoms in total. The van der Waals surface area contributed by atoms with E-state index in [-0.39, 0.29) is 45.9 Å². The molecule has 150 valence electrons. The first kappa shape index (κ1) is 24.1. The van der Waals surface area contributed by atoms with Gasteiger partial charge in [-0.25, -0.2) is 14.4 Å². The normalized spacial score (nSPS) is 10.3. The van der Waals surface area contributed by atoms with E-state index in [1.807, 2.05) is 0 Å². The number of ether oxygens (including phenoxy) is 4. The van der Waals surface area contributed by atoms with Crippen LogP contribution in [-0.2, 0) is 38.1 Å². The molecule has 0 saturated carbocycles. The van der Waals surface area contributed by atoms with Crippen molar-refractivity contribution in [2.24, 2.45) is 5.41 Å². The number of hydrogen-bond acceptors (Lipinski definition) is 9. The maximum atomic E-state index is 11.7. The first-order valence-corrected chi connectivity index (χ1v) is 7.96. The molecule has 9 heteroatoms. The molecule has 0 fully saturated rings. The second-order valence-electron chi connectivity index (χ2n) is 5.42. The van der Waals surface area contributed by atoms with E-state index >= 15 is 0 Å². The predicted molar refractivity (Wildman–Crippen MR) is 93.2 cm³/mol. The summed E-state index contributed by atoms with van der Waals surface area (Å²) in [6.45, 7) is 8.06. The summed E-state index contributed by atoms with van der Waals surface area (Å²) >= 11 is 0. The minimum Gasteiger partial charge on any atom is -0.465 e. The van der Waals surface area contributed by atoms with Crippen LogP contribution in [0.5, 0.6) is 0 Å².